The van der Waals surface area contributed by atoms with Crippen molar-refractivity contribution < 1.29 is 9.53 Å². The van der Waals surface area contributed by atoms with Crippen LogP contribution in [0.5, 0.6) is 5.75 Å². The Morgan fingerprint density at radius 2 is 1.77 bits per heavy atom. The lowest BCUT2D eigenvalue weighted by atomic mass is 10.0. The fraction of sp³-hybridized carbons (Fsp3) is 0.348. The van der Waals surface area contributed by atoms with Crippen LogP contribution in [0.4, 0.5) is 5.69 Å². The maximum atomic E-state index is 13.4. The maximum absolute atomic E-state index is 13.4. The molecule has 0 saturated carbocycles. The van der Waals surface area contributed by atoms with E-state index in [9.17, 15) is 4.79 Å². The molecule has 0 radical (unpaired) electrons. The molecule has 30 heavy (non-hydrogen) atoms. The summed E-state index contributed by atoms with van der Waals surface area (Å²) < 4.78 is 7.08. The van der Waals surface area contributed by atoms with E-state index in [1.807, 2.05) is 47.7 Å². The predicted molar refractivity (Wildman–Crippen MR) is 121 cm³/mol. The Morgan fingerprint density at radius 1 is 1.10 bits per heavy atom. The van der Waals surface area contributed by atoms with Crippen LogP contribution >= 0.6 is 11.8 Å². The number of nitrogens with zero attached hydrogens (tertiary/aromatic N) is 4. The molecular formula is C23H28N4O2S. The number of rotatable bonds is 8. The van der Waals surface area contributed by atoms with E-state index in [0.29, 0.717) is 17.6 Å². The van der Waals surface area contributed by atoms with Crippen LogP contribution in [0, 0.1) is 0 Å². The largest absolute Gasteiger partial charge is 0.497 e. The van der Waals surface area contributed by atoms with Crippen molar-refractivity contribution in [3.05, 3.63) is 66.0 Å². The minimum Gasteiger partial charge on any atom is -0.497 e. The normalized spacial score (nSPS) is 12.1. The SMILES string of the molecule is COc1ccc(N(Cc2ccc(C(C)C)cc2)C(=O)[C@H](C)Sc2nncn2C)cc1. The zero-order valence-corrected chi connectivity index (χ0v) is 18.9. The quantitative estimate of drug-likeness (QED) is 0.492. The van der Waals surface area contributed by atoms with Crippen LogP contribution in [0.1, 0.15) is 37.8 Å². The number of amides is 1. The molecule has 0 fully saturated rings. The molecule has 0 spiro atoms. The van der Waals surface area contributed by atoms with Crippen LogP contribution in [-0.4, -0.2) is 33.0 Å². The van der Waals surface area contributed by atoms with E-state index in [4.69, 9.17) is 4.74 Å². The molecule has 1 atom stereocenters. The van der Waals surface area contributed by atoms with Gasteiger partial charge in [-0.15, -0.1) is 10.2 Å². The summed E-state index contributed by atoms with van der Waals surface area (Å²) in [6.07, 6.45) is 1.64. The molecule has 3 aromatic rings. The molecule has 7 heteroatoms. The van der Waals surface area contributed by atoms with E-state index in [-0.39, 0.29) is 11.2 Å². The Balaban J connectivity index is 1.85. The van der Waals surface area contributed by atoms with Gasteiger partial charge in [-0.3, -0.25) is 4.79 Å². The van der Waals surface area contributed by atoms with Gasteiger partial charge < -0.3 is 14.2 Å². The number of ether oxygens (including phenoxy) is 1. The number of hydrogen-bond donors (Lipinski definition) is 0. The first-order valence-corrected chi connectivity index (χ1v) is 10.8. The standard InChI is InChI=1S/C23H28N4O2S/c1-16(2)19-8-6-18(7-9-19)14-27(20-10-12-21(29-5)13-11-20)22(28)17(3)30-23-25-24-15-26(23)4/h6-13,15-17H,14H2,1-5H3/t17-/m0/s1. The number of hydrogen-bond acceptors (Lipinski definition) is 5. The highest BCUT2D eigenvalue weighted by Crippen LogP contribution is 2.27. The van der Waals surface area contributed by atoms with Crippen LogP contribution < -0.4 is 9.64 Å². The van der Waals surface area contributed by atoms with Crippen molar-refractivity contribution in [3.8, 4) is 5.75 Å². The Labute approximate surface area is 182 Å². The third-order valence-corrected chi connectivity index (χ3v) is 6.07. The topological polar surface area (TPSA) is 60.2 Å². The molecule has 0 N–H and O–H groups in total. The van der Waals surface area contributed by atoms with Crippen LogP contribution in [0.25, 0.3) is 0 Å². The molecule has 0 saturated heterocycles. The summed E-state index contributed by atoms with van der Waals surface area (Å²) in [5, 5.41) is 8.39. The molecule has 2 aromatic carbocycles. The lowest BCUT2D eigenvalue weighted by molar-refractivity contribution is -0.118. The van der Waals surface area contributed by atoms with Gasteiger partial charge in [-0.25, -0.2) is 0 Å². The lowest BCUT2D eigenvalue weighted by Gasteiger charge is -2.26. The number of benzene rings is 2. The second kappa shape index (κ2) is 9.80. The van der Waals surface area contributed by atoms with Crippen molar-refractivity contribution in [2.45, 2.75) is 43.6 Å². The summed E-state index contributed by atoms with van der Waals surface area (Å²) in [5.74, 6) is 1.25. The van der Waals surface area contributed by atoms with E-state index >= 15 is 0 Å². The number of aromatic nitrogens is 3. The van der Waals surface area contributed by atoms with E-state index in [0.717, 1.165) is 17.0 Å². The van der Waals surface area contributed by atoms with Crippen LogP contribution in [-0.2, 0) is 18.4 Å². The summed E-state index contributed by atoms with van der Waals surface area (Å²) in [6, 6.07) is 16.0. The van der Waals surface area contributed by atoms with Crippen molar-refractivity contribution in [1.82, 2.24) is 14.8 Å². The molecule has 1 aromatic heterocycles. The van der Waals surface area contributed by atoms with Crippen LogP contribution in [0.3, 0.4) is 0 Å². The van der Waals surface area contributed by atoms with Gasteiger partial charge in [-0.2, -0.15) is 0 Å². The van der Waals surface area contributed by atoms with Gasteiger partial charge in [-0.05, 0) is 48.2 Å². The maximum Gasteiger partial charge on any atom is 0.240 e. The number of methoxy groups -OCH3 is 1. The Morgan fingerprint density at radius 3 is 2.30 bits per heavy atom. The van der Waals surface area contributed by atoms with Gasteiger partial charge in [0.25, 0.3) is 0 Å². The Hall–Kier alpha value is -2.80. The first-order chi connectivity index (χ1) is 14.4. The molecule has 158 valence electrons. The highest BCUT2D eigenvalue weighted by Gasteiger charge is 2.25. The molecule has 0 aliphatic rings. The minimum atomic E-state index is -0.315. The zero-order valence-electron chi connectivity index (χ0n) is 18.1. The summed E-state index contributed by atoms with van der Waals surface area (Å²) in [6.45, 7) is 6.74. The summed E-state index contributed by atoms with van der Waals surface area (Å²) in [7, 11) is 3.50. The van der Waals surface area contributed by atoms with Gasteiger partial charge in [0.15, 0.2) is 5.16 Å². The van der Waals surface area contributed by atoms with Gasteiger partial charge in [0.2, 0.25) is 5.91 Å². The molecule has 3 rings (SSSR count). The molecular weight excluding hydrogens is 396 g/mol. The summed E-state index contributed by atoms with van der Waals surface area (Å²) in [4.78, 5) is 15.2. The highest BCUT2D eigenvalue weighted by molar-refractivity contribution is 8.00. The van der Waals surface area contributed by atoms with Crippen molar-refractivity contribution in [2.24, 2.45) is 7.05 Å². The Kier molecular flexibility index (Phi) is 7.15. The third kappa shape index (κ3) is 5.21. The predicted octanol–water partition coefficient (Wildman–Crippen LogP) is 4.66. The number of carbonyl (C=O) groups is 1. The van der Waals surface area contributed by atoms with E-state index < -0.39 is 0 Å². The van der Waals surface area contributed by atoms with E-state index in [1.54, 1.807) is 13.4 Å². The van der Waals surface area contributed by atoms with Crippen molar-refractivity contribution in [3.63, 3.8) is 0 Å². The fourth-order valence-electron chi connectivity index (χ4n) is 3.06. The zero-order chi connectivity index (χ0) is 21.7. The molecule has 0 aliphatic carbocycles. The van der Waals surface area contributed by atoms with Gasteiger partial charge in [0.1, 0.15) is 12.1 Å². The van der Waals surface area contributed by atoms with Crippen molar-refractivity contribution >= 4 is 23.4 Å². The minimum absolute atomic E-state index is 0.0149. The van der Waals surface area contributed by atoms with Gasteiger partial charge in [0, 0.05) is 12.7 Å². The van der Waals surface area contributed by atoms with E-state index in [2.05, 4.69) is 48.3 Å². The summed E-state index contributed by atoms with van der Waals surface area (Å²) in [5.41, 5.74) is 3.20. The molecule has 6 nitrogen and oxygen atoms in total. The number of thioether (sulfide) groups is 1. The Bertz CT molecular complexity index is 968. The second-order valence-electron chi connectivity index (χ2n) is 7.50. The van der Waals surface area contributed by atoms with Crippen molar-refractivity contribution in [2.75, 3.05) is 12.0 Å². The van der Waals surface area contributed by atoms with Gasteiger partial charge in [-0.1, -0.05) is 49.9 Å². The third-order valence-electron chi connectivity index (χ3n) is 4.94. The fourth-order valence-corrected chi connectivity index (χ4v) is 3.91. The molecule has 0 bridgehead atoms. The van der Waals surface area contributed by atoms with E-state index in [1.165, 1.54) is 17.3 Å². The van der Waals surface area contributed by atoms with Crippen molar-refractivity contribution in [1.29, 1.82) is 0 Å². The molecule has 0 aliphatic heterocycles. The monoisotopic (exact) mass is 424 g/mol. The summed E-state index contributed by atoms with van der Waals surface area (Å²) >= 11 is 1.41. The van der Waals surface area contributed by atoms with Crippen LogP contribution in [0.2, 0.25) is 0 Å². The molecule has 1 amide bonds. The smallest absolute Gasteiger partial charge is 0.240 e. The first-order valence-electron chi connectivity index (χ1n) is 9.94. The number of aryl methyl sites for hydroxylation is 1. The lowest BCUT2D eigenvalue weighted by Crippen LogP contribution is -2.36. The second-order valence-corrected chi connectivity index (χ2v) is 8.81. The highest BCUT2D eigenvalue weighted by atomic mass is 32.2. The van der Waals surface area contributed by atoms with Gasteiger partial charge in [0.05, 0.1) is 18.9 Å². The number of anilines is 1. The first kappa shape index (κ1) is 21.9. The average molecular weight is 425 g/mol. The molecule has 0 unspecified atom stereocenters. The molecule has 1 heterocycles. The number of carbonyl (C=O) groups excluding carboxylic acids is 1. The average Bonchev–Trinajstić information content (AvgIpc) is 3.16. The van der Waals surface area contributed by atoms with Gasteiger partial charge >= 0.3 is 0 Å². The van der Waals surface area contributed by atoms with Crippen LogP contribution in [0.15, 0.2) is 60.0 Å².